The van der Waals surface area contributed by atoms with Crippen molar-refractivity contribution in [3.63, 3.8) is 0 Å². The van der Waals surface area contributed by atoms with Crippen LogP contribution >= 0.6 is 12.2 Å². The summed E-state index contributed by atoms with van der Waals surface area (Å²) in [6.07, 6.45) is 6.09. The standard InChI is InChI=1S/C12H16N4O2S/c1-2-17-9-5-3-4-8(18-9)16-7-15-10-11(16)13-6-14-12(10)19/h6-9H,2-5H2,1H3,(H,13,14,19)/t8-,9+/m0/s1. The molecule has 2 atom stereocenters. The minimum Gasteiger partial charge on any atom is -0.353 e. The Morgan fingerprint density at radius 2 is 2.42 bits per heavy atom. The Morgan fingerprint density at radius 1 is 1.53 bits per heavy atom. The van der Waals surface area contributed by atoms with E-state index in [0.717, 1.165) is 24.9 Å². The topological polar surface area (TPSA) is 65.0 Å². The summed E-state index contributed by atoms with van der Waals surface area (Å²) < 4.78 is 14.0. The average Bonchev–Trinajstić information content (AvgIpc) is 2.85. The molecule has 3 rings (SSSR count). The molecule has 1 saturated heterocycles. The molecule has 0 aliphatic carbocycles. The van der Waals surface area contributed by atoms with Crippen molar-refractivity contribution in [3.05, 3.63) is 17.3 Å². The highest BCUT2D eigenvalue weighted by molar-refractivity contribution is 7.71. The van der Waals surface area contributed by atoms with Crippen molar-refractivity contribution in [1.82, 2.24) is 19.5 Å². The van der Waals surface area contributed by atoms with Crippen LogP contribution in [0.1, 0.15) is 32.4 Å². The Bertz CT molecular complexity index is 621. The van der Waals surface area contributed by atoms with Crippen LogP contribution in [0.5, 0.6) is 0 Å². The van der Waals surface area contributed by atoms with Crippen LogP contribution in [0.25, 0.3) is 11.2 Å². The number of ether oxygens (including phenoxy) is 2. The molecule has 6 nitrogen and oxygen atoms in total. The number of hydrogen-bond acceptors (Lipinski definition) is 5. The third-order valence-electron chi connectivity index (χ3n) is 3.24. The van der Waals surface area contributed by atoms with Gasteiger partial charge in [0.1, 0.15) is 17.4 Å². The van der Waals surface area contributed by atoms with Gasteiger partial charge in [0.25, 0.3) is 0 Å². The van der Waals surface area contributed by atoms with E-state index in [1.54, 1.807) is 12.7 Å². The van der Waals surface area contributed by atoms with Crippen LogP contribution in [0.2, 0.25) is 0 Å². The maximum Gasteiger partial charge on any atom is 0.160 e. The summed E-state index contributed by atoms with van der Waals surface area (Å²) in [5, 5.41) is 0. The van der Waals surface area contributed by atoms with E-state index in [-0.39, 0.29) is 12.5 Å². The molecule has 0 aromatic carbocycles. The monoisotopic (exact) mass is 280 g/mol. The van der Waals surface area contributed by atoms with Crippen molar-refractivity contribution >= 4 is 23.4 Å². The molecule has 19 heavy (non-hydrogen) atoms. The molecular weight excluding hydrogens is 264 g/mol. The maximum atomic E-state index is 5.95. The van der Waals surface area contributed by atoms with Gasteiger partial charge in [0, 0.05) is 6.61 Å². The number of aromatic amines is 1. The van der Waals surface area contributed by atoms with Crippen LogP contribution in [0.15, 0.2) is 12.7 Å². The summed E-state index contributed by atoms with van der Waals surface area (Å²) in [5.41, 5.74) is 1.56. The summed E-state index contributed by atoms with van der Waals surface area (Å²) >= 11 is 5.16. The fourth-order valence-electron chi connectivity index (χ4n) is 2.38. The van der Waals surface area contributed by atoms with Crippen molar-refractivity contribution < 1.29 is 9.47 Å². The second-order valence-electron chi connectivity index (χ2n) is 4.46. The quantitative estimate of drug-likeness (QED) is 0.875. The molecule has 3 heterocycles. The number of nitrogens with one attached hydrogen (secondary N) is 1. The zero-order chi connectivity index (χ0) is 13.2. The first-order valence-electron chi connectivity index (χ1n) is 6.47. The van der Waals surface area contributed by atoms with Crippen LogP contribution in [0, 0.1) is 4.64 Å². The van der Waals surface area contributed by atoms with Crippen molar-refractivity contribution in [2.24, 2.45) is 0 Å². The molecule has 7 heteroatoms. The van der Waals surface area contributed by atoms with Crippen LogP contribution in [-0.4, -0.2) is 32.4 Å². The minimum absolute atomic E-state index is 0.0663. The molecule has 2 aromatic rings. The smallest absolute Gasteiger partial charge is 0.160 e. The van der Waals surface area contributed by atoms with Gasteiger partial charge in [-0.25, -0.2) is 9.97 Å². The number of rotatable bonds is 3. The highest BCUT2D eigenvalue weighted by Crippen LogP contribution is 2.29. The SMILES string of the molecule is CCO[C@H]1CCC[C@@H](n2cnc3c(=S)nc[nH]c32)O1. The van der Waals surface area contributed by atoms with E-state index in [9.17, 15) is 0 Å². The van der Waals surface area contributed by atoms with Gasteiger partial charge >= 0.3 is 0 Å². The number of nitrogens with zero attached hydrogens (tertiary/aromatic N) is 3. The van der Waals surface area contributed by atoms with Crippen molar-refractivity contribution in [2.45, 2.75) is 38.7 Å². The molecule has 0 unspecified atom stereocenters. The van der Waals surface area contributed by atoms with Gasteiger partial charge in [0.15, 0.2) is 10.9 Å². The lowest BCUT2D eigenvalue weighted by molar-refractivity contribution is -0.211. The third-order valence-corrected chi connectivity index (χ3v) is 3.54. The van der Waals surface area contributed by atoms with Crippen LogP contribution < -0.4 is 0 Å². The Labute approximate surface area is 115 Å². The number of hydrogen-bond donors (Lipinski definition) is 1. The largest absolute Gasteiger partial charge is 0.353 e. The Balaban J connectivity index is 1.91. The van der Waals surface area contributed by atoms with E-state index in [1.807, 2.05) is 11.5 Å². The molecule has 102 valence electrons. The Hall–Kier alpha value is -1.31. The van der Waals surface area contributed by atoms with Crippen LogP contribution in [-0.2, 0) is 9.47 Å². The fraction of sp³-hybridized carbons (Fsp3) is 0.583. The van der Waals surface area contributed by atoms with E-state index < -0.39 is 0 Å². The molecule has 2 aromatic heterocycles. The first-order chi connectivity index (χ1) is 9.29. The molecule has 0 spiro atoms. The van der Waals surface area contributed by atoms with Crippen molar-refractivity contribution in [2.75, 3.05) is 6.61 Å². The molecule has 1 N–H and O–H groups in total. The molecule has 0 radical (unpaired) electrons. The van der Waals surface area contributed by atoms with Gasteiger partial charge in [-0.2, -0.15) is 0 Å². The number of imidazole rings is 1. The van der Waals surface area contributed by atoms with E-state index in [0.29, 0.717) is 16.8 Å². The Kier molecular flexibility index (Phi) is 3.58. The fourth-order valence-corrected chi connectivity index (χ4v) is 2.58. The molecular formula is C12H16N4O2S. The second kappa shape index (κ2) is 5.36. The number of H-pyrrole nitrogens is 1. The van der Waals surface area contributed by atoms with Gasteiger partial charge in [-0.05, 0) is 26.2 Å². The summed E-state index contributed by atoms with van der Waals surface area (Å²) in [6, 6.07) is 0. The van der Waals surface area contributed by atoms with E-state index in [2.05, 4.69) is 15.0 Å². The summed E-state index contributed by atoms with van der Waals surface area (Å²) in [4.78, 5) is 11.4. The molecule has 1 fully saturated rings. The number of fused-ring (bicyclic) bond motifs is 1. The highest BCUT2D eigenvalue weighted by atomic mass is 32.1. The summed E-state index contributed by atoms with van der Waals surface area (Å²) in [6.45, 7) is 2.64. The van der Waals surface area contributed by atoms with Gasteiger partial charge in [-0.15, -0.1) is 0 Å². The van der Waals surface area contributed by atoms with Crippen LogP contribution in [0.3, 0.4) is 0 Å². The predicted molar refractivity (Wildman–Crippen MR) is 72.1 cm³/mol. The highest BCUT2D eigenvalue weighted by Gasteiger charge is 2.25. The normalized spacial score (nSPS) is 23.8. The lowest BCUT2D eigenvalue weighted by atomic mass is 10.1. The third kappa shape index (κ3) is 2.41. The zero-order valence-corrected chi connectivity index (χ0v) is 11.5. The first kappa shape index (κ1) is 12.7. The number of aromatic nitrogens is 4. The van der Waals surface area contributed by atoms with Gasteiger partial charge < -0.3 is 14.5 Å². The zero-order valence-electron chi connectivity index (χ0n) is 10.7. The van der Waals surface area contributed by atoms with E-state index in [4.69, 9.17) is 21.7 Å². The molecule has 1 aliphatic heterocycles. The van der Waals surface area contributed by atoms with Gasteiger partial charge in [0.05, 0.1) is 12.7 Å². The summed E-state index contributed by atoms with van der Waals surface area (Å²) in [7, 11) is 0. The van der Waals surface area contributed by atoms with Crippen molar-refractivity contribution in [3.8, 4) is 0 Å². The first-order valence-corrected chi connectivity index (χ1v) is 6.87. The van der Waals surface area contributed by atoms with E-state index in [1.165, 1.54) is 0 Å². The predicted octanol–water partition coefficient (Wildman–Crippen LogP) is 2.55. The second-order valence-corrected chi connectivity index (χ2v) is 4.85. The van der Waals surface area contributed by atoms with Gasteiger partial charge in [-0.3, -0.25) is 4.57 Å². The Morgan fingerprint density at radius 3 is 3.26 bits per heavy atom. The average molecular weight is 280 g/mol. The molecule has 0 bridgehead atoms. The molecule has 1 aliphatic rings. The minimum atomic E-state index is -0.133. The maximum absolute atomic E-state index is 5.95. The van der Waals surface area contributed by atoms with Gasteiger partial charge in [-0.1, -0.05) is 12.2 Å². The van der Waals surface area contributed by atoms with Crippen molar-refractivity contribution in [1.29, 1.82) is 0 Å². The van der Waals surface area contributed by atoms with Gasteiger partial charge in [0.2, 0.25) is 0 Å². The lowest BCUT2D eigenvalue weighted by Gasteiger charge is -2.30. The molecule has 0 amide bonds. The summed E-state index contributed by atoms with van der Waals surface area (Å²) in [5.74, 6) is 0. The van der Waals surface area contributed by atoms with Crippen LogP contribution in [0.4, 0.5) is 0 Å². The van der Waals surface area contributed by atoms with E-state index >= 15 is 0 Å². The molecule has 0 saturated carbocycles. The lowest BCUT2D eigenvalue weighted by Crippen LogP contribution is -2.28.